The van der Waals surface area contributed by atoms with Gasteiger partial charge in [-0.25, -0.2) is 4.99 Å². The Bertz CT molecular complexity index is 887. The van der Waals surface area contributed by atoms with Crippen molar-refractivity contribution in [1.82, 2.24) is 0 Å². The van der Waals surface area contributed by atoms with Gasteiger partial charge in [-0.3, -0.25) is 4.79 Å². The molecule has 5 heteroatoms. The summed E-state index contributed by atoms with van der Waals surface area (Å²) in [6, 6.07) is 6.31. The molecular formula is C28H44N2O2S. The van der Waals surface area contributed by atoms with Crippen LogP contribution in [0.4, 0.5) is 0 Å². The van der Waals surface area contributed by atoms with E-state index >= 15 is 0 Å². The molecule has 0 spiro atoms. The lowest BCUT2D eigenvalue weighted by Crippen LogP contribution is -2.03. The highest BCUT2D eigenvalue weighted by Gasteiger charge is 2.10. The number of aliphatic hydroxyl groups excluding tert-OH is 1. The normalized spacial score (nSPS) is 12.2. The van der Waals surface area contributed by atoms with E-state index in [0.717, 1.165) is 11.1 Å². The number of hydrogen-bond acceptors (Lipinski definition) is 5. The van der Waals surface area contributed by atoms with Gasteiger partial charge in [0.25, 0.3) is 0 Å². The third-order valence-electron chi connectivity index (χ3n) is 3.87. The van der Waals surface area contributed by atoms with E-state index in [2.05, 4.69) is 42.1 Å². The average Bonchev–Trinajstić information content (AvgIpc) is 3.30. The first-order valence-corrected chi connectivity index (χ1v) is 11.2. The third kappa shape index (κ3) is 14.7. The molecule has 1 aromatic heterocycles. The first kappa shape index (κ1) is 37.4. The minimum Gasteiger partial charge on any atom is -0.510 e. The molecule has 1 aromatic rings. The Labute approximate surface area is 207 Å². The summed E-state index contributed by atoms with van der Waals surface area (Å²) in [5.41, 5.74) is 2.35. The van der Waals surface area contributed by atoms with E-state index in [-0.39, 0.29) is 32.1 Å². The Morgan fingerprint density at radius 1 is 1.18 bits per heavy atom. The second-order valence-corrected chi connectivity index (χ2v) is 7.01. The van der Waals surface area contributed by atoms with Gasteiger partial charge in [0.15, 0.2) is 5.78 Å². The minimum atomic E-state index is -0.358. The van der Waals surface area contributed by atoms with Gasteiger partial charge in [-0.1, -0.05) is 66.5 Å². The van der Waals surface area contributed by atoms with Crippen LogP contribution in [0.15, 0.2) is 81.6 Å². The van der Waals surface area contributed by atoms with Crippen molar-refractivity contribution in [3.05, 3.63) is 81.4 Å². The number of hydrogen-bond donors (Lipinski definition) is 1. The highest BCUT2D eigenvalue weighted by molar-refractivity contribution is 7.09. The molecule has 33 heavy (non-hydrogen) atoms. The number of carbonyl (C=O) groups excluding carboxylic acids is 1. The Morgan fingerprint density at radius 2 is 1.73 bits per heavy atom. The molecule has 0 radical (unpaired) electrons. The molecule has 0 amide bonds. The van der Waals surface area contributed by atoms with Crippen LogP contribution in [-0.4, -0.2) is 16.6 Å². The van der Waals surface area contributed by atoms with Crippen LogP contribution in [0.2, 0.25) is 0 Å². The van der Waals surface area contributed by atoms with Crippen LogP contribution in [0, 0.1) is 11.3 Å². The number of carbonyl (C=O) groups is 1. The highest BCUT2D eigenvalue weighted by Crippen LogP contribution is 2.16. The second kappa shape index (κ2) is 22.2. The number of aliphatic imine (C=N–C) groups is 1. The Balaban J connectivity index is -0.000000321. The van der Waals surface area contributed by atoms with Crippen LogP contribution in [0.5, 0.6) is 0 Å². The van der Waals surface area contributed by atoms with Gasteiger partial charge >= 0.3 is 0 Å². The van der Waals surface area contributed by atoms with E-state index in [1.807, 2.05) is 51.2 Å². The van der Waals surface area contributed by atoms with Crippen LogP contribution >= 0.6 is 11.3 Å². The lowest BCUT2D eigenvalue weighted by atomic mass is 10.0. The molecular weight excluding hydrogens is 428 g/mol. The van der Waals surface area contributed by atoms with Crippen molar-refractivity contribution in [1.29, 1.82) is 5.26 Å². The maximum atomic E-state index is 11.4. The van der Waals surface area contributed by atoms with E-state index in [4.69, 9.17) is 0 Å². The molecule has 0 bridgehead atoms. The molecule has 0 saturated heterocycles. The summed E-state index contributed by atoms with van der Waals surface area (Å²) < 4.78 is 0. The average molecular weight is 473 g/mol. The molecule has 0 fully saturated rings. The van der Waals surface area contributed by atoms with Gasteiger partial charge in [-0.2, -0.15) is 5.26 Å². The van der Waals surface area contributed by atoms with Crippen LogP contribution in [0.1, 0.15) is 75.1 Å². The molecule has 0 aromatic carbocycles. The van der Waals surface area contributed by atoms with Gasteiger partial charge in [0.05, 0.1) is 11.3 Å². The lowest BCUT2D eigenvalue weighted by molar-refractivity contribution is -0.113. The van der Waals surface area contributed by atoms with E-state index in [0.29, 0.717) is 11.3 Å². The van der Waals surface area contributed by atoms with E-state index in [9.17, 15) is 15.2 Å². The number of nitriles is 1. The molecule has 1 heterocycles. The molecule has 0 atom stereocenters. The first-order valence-electron chi connectivity index (χ1n) is 10.3. The molecule has 0 unspecified atom stereocenters. The number of Topliss-reactive ketones (excluding diaryl/α,β-unsaturated/α-hetero) is 1. The third-order valence-corrected chi connectivity index (χ3v) is 4.89. The predicted octanol–water partition coefficient (Wildman–Crippen LogP) is 8.96. The number of ketones is 1. The molecule has 184 valence electrons. The number of nitrogens with zero attached hydrogens (tertiary/aromatic N) is 2. The summed E-state index contributed by atoms with van der Waals surface area (Å²) in [6.07, 6.45) is 8.31. The van der Waals surface area contributed by atoms with E-state index in [1.165, 1.54) is 25.1 Å². The number of aliphatic hydroxyl groups is 1. The fourth-order valence-corrected chi connectivity index (χ4v) is 2.92. The first-order chi connectivity index (χ1) is 14.7. The smallest absolute Gasteiger partial charge is 0.181 e. The number of rotatable bonds is 7. The Morgan fingerprint density at radius 3 is 2.00 bits per heavy atom. The summed E-state index contributed by atoms with van der Waals surface area (Å²) >= 11 is 1.82. The monoisotopic (exact) mass is 472 g/mol. The van der Waals surface area contributed by atoms with Crippen LogP contribution in [0.25, 0.3) is 0 Å². The zero-order valence-corrected chi connectivity index (χ0v) is 20.9. The van der Waals surface area contributed by atoms with Crippen LogP contribution < -0.4 is 0 Å². The largest absolute Gasteiger partial charge is 0.510 e. The molecule has 0 aliphatic rings. The van der Waals surface area contributed by atoms with Gasteiger partial charge in [0.2, 0.25) is 0 Å². The Hall–Kier alpha value is -2.97. The fourth-order valence-electron chi connectivity index (χ4n) is 2.26. The van der Waals surface area contributed by atoms with E-state index < -0.39 is 0 Å². The molecule has 1 rings (SSSR count). The summed E-state index contributed by atoms with van der Waals surface area (Å²) in [5, 5.41) is 20.9. The van der Waals surface area contributed by atoms with Gasteiger partial charge in [-0.05, 0) is 62.8 Å². The molecule has 1 N–H and O–H groups in total. The predicted molar refractivity (Wildman–Crippen MR) is 149 cm³/mol. The molecule has 0 saturated carbocycles. The Kier molecular flexibility index (Phi) is 25.2. The maximum absolute atomic E-state index is 11.4. The molecule has 4 nitrogen and oxygen atoms in total. The van der Waals surface area contributed by atoms with Crippen molar-refractivity contribution >= 4 is 22.8 Å². The van der Waals surface area contributed by atoms with Gasteiger partial charge < -0.3 is 5.11 Å². The van der Waals surface area contributed by atoms with Crippen molar-refractivity contribution < 1.29 is 9.90 Å². The highest BCUT2D eigenvalue weighted by atomic mass is 32.1. The van der Waals surface area contributed by atoms with Crippen LogP contribution in [-0.2, 0) is 11.2 Å². The van der Waals surface area contributed by atoms with Crippen molar-refractivity contribution in [2.45, 2.75) is 76.7 Å². The summed E-state index contributed by atoms with van der Waals surface area (Å²) in [4.78, 5) is 17.0. The number of thiophene rings is 1. The SMILES string of the molecule is C.C.C=CC(=C\C)/C(/C=C(C#N)\C(C)=N/C(C(C)=O)=C(\C)O)=C/C.CC.CCc1cccs1. The lowest BCUT2D eigenvalue weighted by Gasteiger charge is -2.05. The van der Waals surface area contributed by atoms with Crippen molar-refractivity contribution in [3.8, 4) is 6.07 Å². The second-order valence-electron chi connectivity index (χ2n) is 5.98. The number of allylic oxidation sites excluding steroid dienone is 9. The van der Waals surface area contributed by atoms with Gasteiger partial charge in [0.1, 0.15) is 17.5 Å². The van der Waals surface area contributed by atoms with Crippen molar-refractivity contribution in [3.63, 3.8) is 0 Å². The topological polar surface area (TPSA) is 73.5 Å². The molecule has 0 aliphatic carbocycles. The zero-order chi connectivity index (χ0) is 24.4. The van der Waals surface area contributed by atoms with E-state index in [1.54, 1.807) is 19.1 Å². The van der Waals surface area contributed by atoms with Crippen molar-refractivity contribution in [2.24, 2.45) is 4.99 Å². The van der Waals surface area contributed by atoms with Gasteiger partial charge in [0, 0.05) is 11.8 Å². The molecule has 0 aliphatic heterocycles. The minimum absolute atomic E-state index is 0. The summed E-state index contributed by atoms with van der Waals surface area (Å²) in [6.45, 7) is 18.0. The maximum Gasteiger partial charge on any atom is 0.181 e. The zero-order valence-electron chi connectivity index (χ0n) is 20.1. The van der Waals surface area contributed by atoms with Gasteiger partial charge in [-0.15, -0.1) is 11.3 Å². The van der Waals surface area contributed by atoms with Crippen LogP contribution in [0.3, 0.4) is 0 Å². The standard InChI is InChI=1S/C18H22N2O2.C6H8S.C2H6.2CH4/c1-7-15(8-2)16(9-3)10-17(11-19)12(4)20-18(13(5)21)14(6)22;1-2-6-4-3-5-7-6;1-2;;/h7-10,21H,1H2,2-6H3;3-5H,2H2,1H3;1-2H3;2*1H4/b15-8+,16-9+,17-10-,18-13+,20-12-;;;;. The number of aryl methyl sites for hydroxylation is 1. The summed E-state index contributed by atoms with van der Waals surface area (Å²) in [5.74, 6) is -0.529. The van der Waals surface area contributed by atoms with Crippen molar-refractivity contribution in [2.75, 3.05) is 0 Å². The fraction of sp³-hybridized carbons (Fsp3) is 0.393. The quantitative estimate of drug-likeness (QED) is 0.141. The summed E-state index contributed by atoms with van der Waals surface area (Å²) in [7, 11) is 0.